The lowest BCUT2D eigenvalue weighted by atomic mass is 10.2. The summed E-state index contributed by atoms with van der Waals surface area (Å²) < 4.78 is 9.75. The topological polar surface area (TPSA) is 84.9 Å². The molecule has 100 valence electrons. The molecule has 2 N–H and O–H groups in total. The summed E-state index contributed by atoms with van der Waals surface area (Å²) in [6.45, 7) is 5.13. The van der Waals surface area contributed by atoms with E-state index >= 15 is 0 Å². The number of hydrogen-bond donors (Lipinski definition) is 2. The molecule has 0 bridgehead atoms. The van der Waals surface area contributed by atoms with Crippen LogP contribution >= 0.6 is 11.8 Å². The highest BCUT2D eigenvalue weighted by Gasteiger charge is 2.23. The number of hydrogen-bond acceptors (Lipinski definition) is 5. The maximum atomic E-state index is 11.4. The van der Waals surface area contributed by atoms with Crippen LogP contribution < -0.4 is 5.32 Å². The molecule has 0 aromatic rings. The lowest BCUT2D eigenvalue weighted by Gasteiger charge is -2.21. The first-order valence-corrected chi connectivity index (χ1v) is 6.20. The molecule has 0 saturated carbocycles. The Hall–Kier alpha value is -0.950. The summed E-state index contributed by atoms with van der Waals surface area (Å²) in [5, 5.41) is 11.2. The molecule has 6 nitrogen and oxygen atoms in total. The number of ether oxygens (including phenoxy) is 2. The second-order valence-corrected chi connectivity index (χ2v) is 5.29. The van der Waals surface area contributed by atoms with Gasteiger partial charge in [-0.25, -0.2) is 9.59 Å². The fraction of sp³-hybridized carbons (Fsp3) is 0.800. The highest BCUT2D eigenvalue weighted by atomic mass is 32.2. The zero-order chi connectivity index (χ0) is 13.5. The first-order valence-electron chi connectivity index (χ1n) is 5.05. The smallest absolute Gasteiger partial charge is 0.408 e. The van der Waals surface area contributed by atoms with Crippen molar-refractivity contribution in [3.05, 3.63) is 0 Å². The van der Waals surface area contributed by atoms with Gasteiger partial charge in [-0.05, 0) is 20.8 Å². The minimum Gasteiger partial charge on any atom is -0.480 e. The molecule has 0 aromatic heterocycles. The predicted molar refractivity (Wildman–Crippen MR) is 65.1 cm³/mol. The van der Waals surface area contributed by atoms with Crippen molar-refractivity contribution in [2.75, 3.05) is 18.8 Å². The van der Waals surface area contributed by atoms with Gasteiger partial charge in [0.05, 0.1) is 5.94 Å². The number of aliphatic carboxylic acids is 1. The molecular formula is C10H19NO5S. The van der Waals surface area contributed by atoms with E-state index in [1.165, 1.54) is 18.9 Å². The maximum absolute atomic E-state index is 11.4. The van der Waals surface area contributed by atoms with E-state index in [0.717, 1.165) is 0 Å². The Morgan fingerprint density at radius 2 is 2.00 bits per heavy atom. The molecule has 0 aliphatic heterocycles. The van der Waals surface area contributed by atoms with E-state index in [4.69, 9.17) is 14.6 Å². The van der Waals surface area contributed by atoms with Crippen LogP contribution in [0.2, 0.25) is 0 Å². The first kappa shape index (κ1) is 16.1. The van der Waals surface area contributed by atoms with Gasteiger partial charge >= 0.3 is 12.1 Å². The van der Waals surface area contributed by atoms with Crippen LogP contribution in [-0.4, -0.2) is 47.6 Å². The summed E-state index contributed by atoms with van der Waals surface area (Å²) in [6, 6.07) is -0.981. The second-order valence-electron chi connectivity index (χ2n) is 4.31. The van der Waals surface area contributed by atoms with Gasteiger partial charge < -0.3 is 19.9 Å². The molecule has 1 unspecified atom stereocenters. The minimum absolute atomic E-state index is 0.225. The van der Waals surface area contributed by atoms with Gasteiger partial charge in [0.25, 0.3) is 0 Å². The van der Waals surface area contributed by atoms with Crippen molar-refractivity contribution in [3.63, 3.8) is 0 Å². The van der Waals surface area contributed by atoms with Gasteiger partial charge in [0, 0.05) is 12.9 Å². The number of nitrogens with one attached hydrogen (secondary N) is 1. The number of thioether (sulfide) groups is 1. The molecule has 0 heterocycles. The zero-order valence-corrected chi connectivity index (χ0v) is 11.3. The van der Waals surface area contributed by atoms with E-state index in [0.29, 0.717) is 5.94 Å². The van der Waals surface area contributed by atoms with Crippen molar-refractivity contribution in [3.8, 4) is 0 Å². The number of carboxylic acid groups (broad SMARTS) is 1. The molecule has 1 atom stereocenters. The van der Waals surface area contributed by atoms with Gasteiger partial charge in [-0.2, -0.15) is 0 Å². The summed E-state index contributed by atoms with van der Waals surface area (Å²) in [5.41, 5.74) is -0.646. The van der Waals surface area contributed by atoms with Gasteiger partial charge in [0.1, 0.15) is 11.6 Å². The van der Waals surface area contributed by atoms with Gasteiger partial charge in [-0.1, -0.05) is 0 Å². The highest BCUT2D eigenvalue weighted by Crippen LogP contribution is 2.08. The third-order valence-electron chi connectivity index (χ3n) is 1.47. The van der Waals surface area contributed by atoms with Crippen molar-refractivity contribution in [2.24, 2.45) is 0 Å². The SMILES string of the molecule is COCSCC(NC(=O)OC(C)(C)C)C(=O)O. The van der Waals surface area contributed by atoms with Crippen LogP contribution in [-0.2, 0) is 14.3 Å². The lowest BCUT2D eigenvalue weighted by molar-refractivity contribution is -0.138. The number of carbonyl (C=O) groups is 2. The Morgan fingerprint density at radius 3 is 2.41 bits per heavy atom. The molecule has 7 heteroatoms. The average molecular weight is 265 g/mol. The number of carboxylic acids is 1. The van der Waals surface area contributed by atoms with Crippen LogP contribution in [0.3, 0.4) is 0 Å². The average Bonchev–Trinajstić information content (AvgIpc) is 2.13. The third-order valence-corrected chi connectivity index (χ3v) is 2.45. The van der Waals surface area contributed by atoms with Gasteiger partial charge in [0.2, 0.25) is 0 Å². The van der Waals surface area contributed by atoms with Crippen LogP contribution in [0.4, 0.5) is 4.79 Å². The van der Waals surface area contributed by atoms with E-state index in [2.05, 4.69) is 5.32 Å². The van der Waals surface area contributed by atoms with Crippen LogP contribution in [0.5, 0.6) is 0 Å². The Kier molecular flexibility index (Phi) is 6.98. The first-order chi connectivity index (χ1) is 7.76. The number of amides is 1. The monoisotopic (exact) mass is 265 g/mol. The molecule has 0 fully saturated rings. The number of carbonyl (C=O) groups excluding carboxylic acids is 1. The fourth-order valence-corrected chi connectivity index (χ4v) is 1.60. The standard InChI is InChI=1S/C10H19NO5S/c1-10(2,3)16-9(14)11-7(8(12)13)5-17-6-15-4/h7H,5-6H2,1-4H3,(H,11,14)(H,12,13). The molecule has 0 rings (SSSR count). The van der Waals surface area contributed by atoms with Crippen LogP contribution in [0.1, 0.15) is 20.8 Å². The predicted octanol–water partition coefficient (Wildman–Crippen LogP) is 1.30. The molecule has 0 aromatic carbocycles. The summed E-state index contributed by atoms with van der Waals surface area (Å²) in [5.74, 6) is -0.498. The molecule has 1 amide bonds. The fourth-order valence-electron chi connectivity index (χ4n) is 0.874. The van der Waals surface area contributed by atoms with Gasteiger partial charge in [-0.15, -0.1) is 11.8 Å². The van der Waals surface area contributed by atoms with E-state index in [-0.39, 0.29) is 5.75 Å². The molecule has 0 aliphatic carbocycles. The molecule has 0 aliphatic rings. The largest absolute Gasteiger partial charge is 0.480 e. The van der Waals surface area contributed by atoms with Crippen LogP contribution in [0.25, 0.3) is 0 Å². The van der Waals surface area contributed by atoms with Gasteiger partial charge in [0.15, 0.2) is 0 Å². The van der Waals surface area contributed by atoms with Crippen molar-refractivity contribution in [1.82, 2.24) is 5.32 Å². The summed E-state index contributed by atoms with van der Waals surface area (Å²) in [6.07, 6.45) is -0.733. The highest BCUT2D eigenvalue weighted by molar-refractivity contribution is 7.99. The Morgan fingerprint density at radius 1 is 1.41 bits per heavy atom. The van der Waals surface area contributed by atoms with Crippen LogP contribution in [0, 0.1) is 0 Å². The minimum atomic E-state index is -1.10. The normalized spacial score (nSPS) is 12.9. The molecule has 0 radical (unpaired) electrons. The van der Waals surface area contributed by atoms with E-state index < -0.39 is 23.7 Å². The Bertz CT molecular complexity index is 264. The van der Waals surface area contributed by atoms with Crippen molar-refractivity contribution in [1.29, 1.82) is 0 Å². The lowest BCUT2D eigenvalue weighted by Crippen LogP contribution is -2.45. The summed E-state index contributed by atoms with van der Waals surface area (Å²) >= 11 is 1.28. The Balaban J connectivity index is 4.16. The maximum Gasteiger partial charge on any atom is 0.408 e. The second kappa shape index (κ2) is 7.39. The van der Waals surface area contributed by atoms with Crippen molar-refractivity contribution in [2.45, 2.75) is 32.4 Å². The van der Waals surface area contributed by atoms with Crippen LogP contribution in [0.15, 0.2) is 0 Å². The van der Waals surface area contributed by atoms with Crippen molar-refractivity contribution >= 4 is 23.8 Å². The third kappa shape index (κ3) is 8.82. The van der Waals surface area contributed by atoms with E-state index in [1.807, 2.05) is 0 Å². The molecule has 17 heavy (non-hydrogen) atoms. The quantitative estimate of drug-likeness (QED) is 0.556. The molecule has 0 saturated heterocycles. The molecular weight excluding hydrogens is 246 g/mol. The number of rotatable bonds is 6. The number of methoxy groups -OCH3 is 1. The zero-order valence-electron chi connectivity index (χ0n) is 10.5. The molecule has 0 spiro atoms. The number of alkyl carbamates (subject to hydrolysis) is 1. The Labute approximate surface area is 105 Å². The summed E-state index contributed by atoms with van der Waals surface area (Å²) in [7, 11) is 1.52. The van der Waals surface area contributed by atoms with Crippen molar-refractivity contribution < 1.29 is 24.2 Å². The van der Waals surface area contributed by atoms with E-state index in [1.54, 1.807) is 20.8 Å². The van der Waals surface area contributed by atoms with Gasteiger partial charge in [-0.3, -0.25) is 0 Å². The van der Waals surface area contributed by atoms with E-state index in [9.17, 15) is 9.59 Å². The summed E-state index contributed by atoms with van der Waals surface area (Å²) in [4.78, 5) is 22.2.